The van der Waals surface area contributed by atoms with Gasteiger partial charge in [0, 0.05) is 0 Å². The van der Waals surface area contributed by atoms with E-state index in [0.29, 0.717) is 0 Å². The van der Waals surface area contributed by atoms with Gasteiger partial charge in [-0.15, -0.1) is 0 Å². The van der Waals surface area contributed by atoms with E-state index in [1.54, 1.807) is 0 Å². The van der Waals surface area contributed by atoms with Crippen LogP contribution in [0.3, 0.4) is 0 Å². The molecular weight excluding hydrogens is 135 g/mol. The van der Waals surface area contributed by atoms with Crippen molar-refractivity contribution in [2.75, 3.05) is 13.2 Å². The first kappa shape index (κ1) is 9.39. The van der Waals surface area contributed by atoms with Crippen molar-refractivity contribution in [1.82, 2.24) is 0 Å². The molecular formula is C4H7NaO4. The predicted molar refractivity (Wildman–Crippen MR) is 30.1 cm³/mol. The van der Waals surface area contributed by atoms with Crippen molar-refractivity contribution in [3.8, 4) is 0 Å². The monoisotopic (exact) mass is 142 g/mol. The van der Waals surface area contributed by atoms with E-state index < -0.39 is 0 Å². The van der Waals surface area contributed by atoms with Crippen molar-refractivity contribution in [1.29, 1.82) is 0 Å². The Bertz CT molecular complexity index is 71.0. The van der Waals surface area contributed by atoms with Gasteiger partial charge in [0.15, 0.2) is 0 Å². The number of carboxylic acid groups (broad SMARTS) is 1. The van der Waals surface area contributed by atoms with Crippen LogP contribution < -0.4 is 0 Å². The summed E-state index contributed by atoms with van der Waals surface area (Å²) < 4.78 is 0.741. The van der Waals surface area contributed by atoms with Crippen LogP contribution in [0.2, 0.25) is 3.17 Å². The predicted octanol–water partition coefficient (Wildman–Crippen LogP) is -0.394. The van der Waals surface area contributed by atoms with Crippen LogP contribution >= 0.6 is 0 Å². The van der Waals surface area contributed by atoms with Crippen LogP contribution in [0.5, 0.6) is 0 Å². The third kappa shape index (κ3) is 6.27. The van der Waals surface area contributed by atoms with Crippen LogP contribution in [0.1, 0.15) is 0 Å². The molecule has 48 valence electrons. The molecule has 0 aliphatic carbocycles. The van der Waals surface area contributed by atoms with Crippen molar-refractivity contribution in [3.63, 3.8) is 0 Å². The first-order valence-corrected chi connectivity index (χ1v) is 3.79. The fraction of sp³-hybridized carbons (Fsp3) is 0.750. The number of carbonyl (C=O) groups is 1. The molecule has 9 heavy (non-hydrogen) atoms. The summed E-state index contributed by atoms with van der Waals surface area (Å²) >= 11 is 1.20. The van der Waals surface area contributed by atoms with Gasteiger partial charge in [0.05, 0.1) is 0 Å². The molecule has 0 aromatic carbocycles. The van der Waals surface area contributed by atoms with E-state index in [-0.39, 0.29) is 6.47 Å². The Morgan fingerprint density at radius 3 is 2.00 bits per heavy atom. The van der Waals surface area contributed by atoms with Gasteiger partial charge in [-0.1, -0.05) is 0 Å². The van der Waals surface area contributed by atoms with Gasteiger partial charge < -0.3 is 5.11 Å². The summed E-state index contributed by atoms with van der Waals surface area (Å²) in [5.74, 6) is 0. The summed E-state index contributed by atoms with van der Waals surface area (Å²) in [6, 6.07) is 0. The fourth-order valence-corrected chi connectivity index (χ4v) is 0.649. The van der Waals surface area contributed by atoms with Crippen LogP contribution in [0.25, 0.3) is 0 Å². The van der Waals surface area contributed by atoms with E-state index >= 15 is 0 Å². The normalized spacial score (nSPS) is 18.4. The maximum absolute atomic E-state index is 8.36. The molecule has 5 heteroatoms. The quantitative estimate of drug-likeness (QED) is 0.284. The zero-order valence-electron chi connectivity index (χ0n) is 5.24. The van der Waals surface area contributed by atoms with Crippen LogP contribution in [0.15, 0.2) is 0 Å². The van der Waals surface area contributed by atoms with Gasteiger partial charge in [0.1, 0.15) is 0 Å². The Balaban J connectivity index is 0.000000187. The fourth-order valence-electron chi connectivity index (χ4n) is 0.377. The van der Waals surface area contributed by atoms with E-state index in [1.165, 1.54) is 27.9 Å². The molecule has 0 bridgehead atoms. The standard InChI is InChI=1S/C3H5O2.CH2O2.Na/c1-2-4-5-3-1;2-1-3;/h1H,2-3H2;1H,(H,2,3);. The first-order chi connectivity index (χ1) is 4.31. The Hall–Kier alpha value is 0.390. The molecule has 0 aromatic rings. The third-order valence-corrected chi connectivity index (χ3v) is 1.46. The molecule has 4 nitrogen and oxygen atoms in total. The summed E-state index contributed by atoms with van der Waals surface area (Å²) in [6.07, 6.45) is 0. The third-order valence-electron chi connectivity index (χ3n) is 0.788. The van der Waals surface area contributed by atoms with Crippen LogP contribution in [-0.2, 0) is 14.6 Å². The minimum atomic E-state index is -0.250. The molecule has 1 saturated heterocycles. The van der Waals surface area contributed by atoms with Gasteiger partial charge in [0.25, 0.3) is 6.47 Å². The molecule has 0 unspecified atom stereocenters. The summed E-state index contributed by atoms with van der Waals surface area (Å²) in [5.41, 5.74) is 0. The molecule has 1 aliphatic rings. The van der Waals surface area contributed by atoms with E-state index in [9.17, 15) is 0 Å². The average molecular weight is 142 g/mol. The van der Waals surface area contributed by atoms with E-state index in [1.807, 2.05) is 0 Å². The van der Waals surface area contributed by atoms with Crippen LogP contribution in [0.4, 0.5) is 0 Å². The van der Waals surface area contributed by atoms with Crippen LogP contribution in [-0.4, -0.2) is 52.7 Å². The van der Waals surface area contributed by atoms with Crippen molar-refractivity contribution in [2.24, 2.45) is 0 Å². The zero-order valence-corrected chi connectivity index (χ0v) is 7.24. The van der Waals surface area contributed by atoms with Gasteiger partial charge in [-0.3, -0.25) is 4.79 Å². The summed E-state index contributed by atoms with van der Waals surface area (Å²) in [4.78, 5) is 17.5. The Morgan fingerprint density at radius 2 is 1.89 bits per heavy atom. The Kier molecular flexibility index (Phi) is 6.79. The number of rotatable bonds is 0. The topological polar surface area (TPSA) is 55.8 Å². The second kappa shape index (κ2) is 6.51. The maximum atomic E-state index is 8.36. The van der Waals surface area contributed by atoms with Crippen molar-refractivity contribution in [3.05, 3.63) is 0 Å². The average Bonchev–Trinajstić information content (AvgIpc) is 2.20. The van der Waals surface area contributed by atoms with Gasteiger partial charge in [-0.2, -0.15) is 0 Å². The zero-order chi connectivity index (χ0) is 7.11. The van der Waals surface area contributed by atoms with Gasteiger partial charge in [-0.05, 0) is 0 Å². The summed E-state index contributed by atoms with van der Waals surface area (Å²) in [7, 11) is 0. The van der Waals surface area contributed by atoms with Crippen molar-refractivity contribution in [2.45, 2.75) is 3.17 Å². The first-order valence-electron chi connectivity index (χ1n) is 2.63. The molecule has 0 amide bonds. The van der Waals surface area contributed by atoms with Gasteiger partial charge >= 0.3 is 54.1 Å². The van der Waals surface area contributed by atoms with E-state index in [0.717, 1.165) is 16.4 Å². The molecule has 0 radical (unpaired) electrons. The van der Waals surface area contributed by atoms with Crippen molar-refractivity contribution >= 4 is 34.4 Å². The number of hydrogen-bond donors (Lipinski definition) is 1. The van der Waals surface area contributed by atoms with Crippen LogP contribution in [0, 0.1) is 0 Å². The molecule has 1 rings (SSSR count). The molecule has 0 spiro atoms. The van der Waals surface area contributed by atoms with Gasteiger partial charge in [-0.25, -0.2) is 0 Å². The van der Waals surface area contributed by atoms with E-state index in [2.05, 4.69) is 9.78 Å². The van der Waals surface area contributed by atoms with E-state index in [4.69, 9.17) is 9.90 Å². The SMILES string of the molecule is O=CO.[Na][CH]1COOC1. The second-order valence-corrected chi connectivity index (χ2v) is 3.41. The molecule has 0 saturated carbocycles. The van der Waals surface area contributed by atoms with Crippen molar-refractivity contribution < 1.29 is 19.7 Å². The number of hydrogen-bond acceptors (Lipinski definition) is 3. The Morgan fingerprint density at radius 1 is 1.56 bits per heavy atom. The molecule has 1 fully saturated rings. The minimum absolute atomic E-state index is 0.250. The Labute approximate surface area is 70.5 Å². The second-order valence-electron chi connectivity index (χ2n) is 1.78. The molecule has 1 N–H and O–H groups in total. The summed E-state index contributed by atoms with van der Waals surface area (Å²) in [5, 5.41) is 6.89. The molecule has 1 heterocycles. The molecule has 1 aliphatic heterocycles. The van der Waals surface area contributed by atoms with Gasteiger partial charge in [0.2, 0.25) is 0 Å². The molecule has 0 atom stereocenters. The summed E-state index contributed by atoms with van der Waals surface area (Å²) in [6.45, 7) is 1.40. The molecule has 0 aromatic heterocycles.